The molecular weight excluding hydrogens is 292 g/mol. The Bertz CT molecular complexity index is 803. The van der Waals surface area contributed by atoms with Gasteiger partial charge >= 0.3 is 10.2 Å². The molecule has 1 aliphatic heterocycles. The van der Waals surface area contributed by atoms with Crippen LogP contribution in [-0.4, -0.2) is 26.0 Å². The second-order valence-electron chi connectivity index (χ2n) is 4.61. The van der Waals surface area contributed by atoms with E-state index in [0.717, 1.165) is 15.4 Å². The summed E-state index contributed by atoms with van der Waals surface area (Å²) < 4.78 is 26.2. The van der Waals surface area contributed by atoms with Gasteiger partial charge in [0, 0.05) is 0 Å². The largest absolute Gasteiger partial charge is 0.506 e. The average molecular weight is 304 g/mol. The van der Waals surface area contributed by atoms with Crippen molar-refractivity contribution >= 4 is 21.8 Å². The van der Waals surface area contributed by atoms with Crippen LogP contribution in [0.5, 0.6) is 5.75 Å². The van der Waals surface area contributed by atoms with Crippen molar-refractivity contribution in [3.63, 3.8) is 0 Å². The number of anilines is 1. The summed E-state index contributed by atoms with van der Waals surface area (Å²) in [5.74, 6) is -0.821. The van der Waals surface area contributed by atoms with Crippen molar-refractivity contribution in [3.8, 4) is 16.9 Å². The van der Waals surface area contributed by atoms with E-state index in [4.69, 9.17) is 0 Å². The molecule has 1 fully saturated rings. The van der Waals surface area contributed by atoms with E-state index < -0.39 is 16.1 Å². The number of hydrogen-bond donors (Lipinski definition) is 2. The lowest BCUT2D eigenvalue weighted by Crippen LogP contribution is -2.29. The van der Waals surface area contributed by atoms with Crippen LogP contribution in [0.1, 0.15) is 0 Å². The monoisotopic (exact) mass is 304 g/mol. The molecule has 21 heavy (non-hydrogen) atoms. The van der Waals surface area contributed by atoms with E-state index in [2.05, 4.69) is 0 Å². The molecule has 0 atom stereocenters. The van der Waals surface area contributed by atoms with Crippen LogP contribution in [0, 0.1) is 0 Å². The van der Waals surface area contributed by atoms with Crippen molar-refractivity contribution in [2.24, 2.45) is 0 Å². The van der Waals surface area contributed by atoms with Crippen LogP contribution in [0.25, 0.3) is 11.1 Å². The first-order valence-electron chi connectivity index (χ1n) is 6.19. The van der Waals surface area contributed by atoms with Crippen LogP contribution in [0.3, 0.4) is 0 Å². The van der Waals surface area contributed by atoms with Gasteiger partial charge in [0.25, 0.3) is 5.91 Å². The van der Waals surface area contributed by atoms with Crippen molar-refractivity contribution in [3.05, 3.63) is 48.5 Å². The van der Waals surface area contributed by atoms with Gasteiger partial charge in [-0.1, -0.05) is 36.4 Å². The highest BCUT2D eigenvalue weighted by molar-refractivity contribution is 7.92. The molecule has 1 saturated heterocycles. The molecule has 7 heteroatoms. The number of benzene rings is 2. The van der Waals surface area contributed by atoms with Crippen LogP contribution in [0.4, 0.5) is 5.69 Å². The summed E-state index contributed by atoms with van der Waals surface area (Å²) in [7, 11) is -3.92. The zero-order valence-corrected chi connectivity index (χ0v) is 11.7. The molecule has 6 nitrogen and oxygen atoms in total. The fourth-order valence-electron chi connectivity index (χ4n) is 2.21. The van der Waals surface area contributed by atoms with E-state index in [-0.39, 0.29) is 18.0 Å². The van der Waals surface area contributed by atoms with Gasteiger partial charge in [-0.2, -0.15) is 8.42 Å². The van der Waals surface area contributed by atoms with E-state index in [9.17, 15) is 18.3 Å². The molecule has 0 saturated carbocycles. The Morgan fingerprint density at radius 3 is 2.33 bits per heavy atom. The lowest BCUT2D eigenvalue weighted by molar-refractivity contribution is -0.117. The van der Waals surface area contributed by atoms with Crippen LogP contribution in [0.15, 0.2) is 48.5 Å². The molecule has 2 N–H and O–H groups in total. The van der Waals surface area contributed by atoms with Gasteiger partial charge in [-0.05, 0) is 23.3 Å². The Morgan fingerprint density at radius 1 is 1.05 bits per heavy atom. The lowest BCUT2D eigenvalue weighted by atomic mass is 10.1. The molecule has 0 radical (unpaired) electrons. The topological polar surface area (TPSA) is 86.7 Å². The number of amides is 1. The third-order valence-corrected chi connectivity index (χ3v) is 4.56. The highest BCUT2D eigenvalue weighted by Gasteiger charge is 2.35. The van der Waals surface area contributed by atoms with Gasteiger partial charge in [0.1, 0.15) is 12.3 Å². The SMILES string of the molecule is O=C1CN(c2ccc(-c3ccccc3)cc2O)S(=O)(=O)N1. The first kappa shape index (κ1) is 13.4. The van der Waals surface area contributed by atoms with E-state index in [0.29, 0.717) is 0 Å². The number of phenolic OH excluding ortho intramolecular Hbond substituents is 1. The highest BCUT2D eigenvalue weighted by Crippen LogP contribution is 2.34. The Hall–Kier alpha value is -2.54. The predicted octanol–water partition coefficient (Wildman–Crippen LogP) is 1.24. The normalized spacial score (nSPS) is 16.8. The molecule has 2 aromatic carbocycles. The minimum Gasteiger partial charge on any atom is -0.506 e. The summed E-state index contributed by atoms with van der Waals surface area (Å²) in [6.07, 6.45) is 0. The van der Waals surface area contributed by atoms with Crippen LogP contribution < -0.4 is 9.03 Å². The molecule has 1 amide bonds. The van der Waals surface area contributed by atoms with E-state index in [1.807, 2.05) is 35.1 Å². The number of hydrogen-bond acceptors (Lipinski definition) is 4. The van der Waals surface area contributed by atoms with Gasteiger partial charge < -0.3 is 5.11 Å². The molecule has 2 aromatic rings. The molecule has 0 aromatic heterocycles. The van der Waals surface area contributed by atoms with E-state index in [1.54, 1.807) is 6.07 Å². The van der Waals surface area contributed by atoms with Crippen LogP contribution in [-0.2, 0) is 15.0 Å². The molecule has 1 aliphatic rings. The first-order valence-corrected chi connectivity index (χ1v) is 7.63. The molecule has 108 valence electrons. The lowest BCUT2D eigenvalue weighted by Gasteiger charge is -2.16. The van der Waals surface area contributed by atoms with Crippen LogP contribution >= 0.6 is 0 Å². The number of nitrogens with zero attached hydrogens (tertiary/aromatic N) is 1. The van der Waals surface area contributed by atoms with E-state index >= 15 is 0 Å². The number of aromatic hydroxyl groups is 1. The predicted molar refractivity (Wildman–Crippen MR) is 78.0 cm³/mol. The number of carbonyl (C=O) groups excluding carboxylic acids is 1. The van der Waals surface area contributed by atoms with Crippen molar-refractivity contribution in [1.82, 2.24) is 4.72 Å². The standard InChI is InChI=1S/C14H12N2O4S/c17-13-8-11(10-4-2-1-3-5-10)6-7-12(13)16-9-14(18)15-21(16,19)20/h1-8,17H,9H2,(H,15,18). The highest BCUT2D eigenvalue weighted by atomic mass is 32.2. The van der Waals surface area contributed by atoms with Gasteiger partial charge in [-0.25, -0.2) is 9.03 Å². The Morgan fingerprint density at radius 2 is 1.76 bits per heavy atom. The molecule has 3 rings (SSSR count). The molecule has 0 spiro atoms. The summed E-state index contributed by atoms with van der Waals surface area (Å²) in [6.45, 7) is -0.333. The number of carbonyl (C=O) groups is 1. The Balaban J connectivity index is 2.02. The maximum atomic E-state index is 11.8. The minimum absolute atomic E-state index is 0.0769. The van der Waals surface area contributed by atoms with Gasteiger partial charge in [0.2, 0.25) is 0 Å². The fourth-order valence-corrected chi connectivity index (χ4v) is 3.37. The summed E-state index contributed by atoms with van der Waals surface area (Å²) in [4.78, 5) is 11.2. The molecular formula is C14H12N2O4S. The summed E-state index contributed by atoms with van der Waals surface area (Å²) in [5, 5.41) is 10.1. The first-order chi connectivity index (χ1) is 9.97. The van der Waals surface area contributed by atoms with Gasteiger partial charge in [0.05, 0.1) is 5.69 Å². The second-order valence-corrected chi connectivity index (χ2v) is 6.20. The van der Waals surface area contributed by atoms with Crippen molar-refractivity contribution in [1.29, 1.82) is 0 Å². The summed E-state index contributed by atoms with van der Waals surface area (Å²) in [5.41, 5.74) is 1.73. The van der Waals surface area contributed by atoms with E-state index in [1.165, 1.54) is 12.1 Å². The third-order valence-electron chi connectivity index (χ3n) is 3.17. The maximum Gasteiger partial charge on any atom is 0.326 e. The Kier molecular flexibility index (Phi) is 3.06. The molecule has 1 heterocycles. The minimum atomic E-state index is -3.92. The maximum absolute atomic E-state index is 11.8. The van der Waals surface area contributed by atoms with Gasteiger partial charge in [-0.3, -0.25) is 4.79 Å². The third kappa shape index (κ3) is 2.43. The summed E-state index contributed by atoms with van der Waals surface area (Å²) in [6, 6.07) is 14.0. The van der Waals surface area contributed by atoms with Crippen molar-refractivity contribution in [2.75, 3.05) is 10.8 Å². The quantitative estimate of drug-likeness (QED) is 0.874. The second kappa shape index (κ2) is 4.78. The number of phenols is 1. The molecule has 0 aliphatic carbocycles. The van der Waals surface area contributed by atoms with Crippen molar-refractivity contribution in [2.45, 2.75) is 0 Å². The molecule has 0 bridgehead atoms. The summed E-state index contributed by atoms with van der Waals surface area (Å²) >= 11 is 0. The molecule has 0 unspecified atom stereocenters. The Labute approximate surface area is 121 Å². The fraction of sp³-hybridized carbons (Fsp3) is 0.0714. The van der Waals surface area contributed by atoms with Gasteiger partial charge in [-0.15, -0.1) is 0 Å². The number of nitrogens with one attached hydrogen (secondary N) is 1. The van der Waals surface area contributed by atoms with Crippen molar-refractivity contribution < 1.29 is 18.3 Å². The average Bonchev–Trinajstić information content (AvgIpc) is 2.72. The smallest absolute Gasteiger partial charge is 0.326 e. The van der Waals surface area contributed by atoms with Gasteiger partial charge in [0.15, 0.2) is 0 Å². The zero-order valence-electron chi connectivity index (χ0n) is 10.9. The number of rotatable bonds is 2. The zero-order chi connectivity index (χ0) is 15.0. The van der Waals surface area contributed by atoms with Crippen LogP contribution in [0.2, 0.25) is 0 Å².